The molecule has 2 fully saturated rings. The van der Waals surface area contributed by atoms with Crippen molar-refractivity contribution in [2.45, 2.75) is 76.8 Å². The van der Waals surface area contributed by atoms with Gasteiger partial charge in [-0.15, -0.1) is 0 Å². The van der Waals surface area contributed by atoms with Gasteiger partial charge in [-0.1, -0.05) is 26.2 Å². The molecule has 0 radical (unpaired) electrons. The van der Waals surface area contributed by atoms with Crippen molar-refractivity contribution in [2.24, 2.45) is 5.92 Å². The van der Waals surface area contributed by atoms with Gasteiger partial charge in [0.25, 0.3) is 0 Å². The molecule has 5 heteroatoms. The third-order valence-corrected chi connectivity index (χ3v) is 6.26. The number of piperidine rings is 1. The summed E-state index contributed by atoms with van der Waals surface area (Å²) in [5.74, 6) is 1.07. The molecule has 0 amide bonds. The maximum absolute atomic E-state index is 12.2. The number of rotatable bonds is 6. The van der Waals surface area contributed by atoms with Gasteiger partial charge in [0.1, 0.15) is 0 Å². The summed E-state index contributed by atoms with van der Waals surface area (Å²) in [5, 5.41) is 3.32. The van der Waals surface area contributed by atoms with E-state index in [-0.39, 0.29) is 17.8 Å². The van der Waals surface area contributed by atoms with E-state index in [0.717, 1.165) is 38.1 Å². The zero-order valence-electron chi connectivity index (χ0n) is 12.7. The Hall–Kier alpha value is -0.130. The van der Waals surface area contributed by atoms with Gasteiger partial charge in [0.05, 0.1) is 5.75 Å². The van der Waals surface area contributed by atoms with Crippen molar-refractivity contribution >= 4 is 10.0 Å². The molecule has 1 saturated heterocycles. The molecule has 2 aliphatic rings. The van der Waals surface area contributed by atoms with Crippen LogP contribution in [0.15, 0.2) is 0 Å². The summed E-state index contributed by atoms with van der Waals surface area (Å²) < 4.78 is 27.4. The fourth-order valence-electron chi connectivity index (χ4n) is 3.61. The third-order valence-electron chi connectivity index (χ3n) is 4.72. The van der Waals surface area contributed by atoms with Crippen LogP contribution < -0.4 is 10.0 Å². The second-order valence-electron chi connectivity index (χ2n) is 6.55. The highest BCUT2D eigenvalue weighted by atomic mass is 32.2. The van der Waals surface area contributed by atoms with Gasteiger partial charge < -0.3 is 5.32 Å². The largest absolute Gasteiger partial charge is 0.313 e. The van der Waals surface area contributed by atoms with Crippen LogP contribution in [-0.2, 0) is 10.0 Å². The molecule has 1 heterocycles. The molecule has 118 valence electrons. The van der Waals surface area contributed by atoms with Gasteiger partial charge in [0.15, 0.2) is 0 Å². The van der Waals surface area contributed by atoms with Crippen molar-refractivity contribution in [3.05, 3.63) is 0 Å². The summed E-state index contributed by atoms with van der Waals surface area (Å²) in [6, 6.07) is 0.328. The quantitative estimate of drug-likeness (QED) is 0.792. The molecule has 4 nitrogen and oxygen atoms in total. The Morgan fingerprint density at radius 2 is 1.85 bits per heavy atom. The summed E-state index contributed by atoms with van der Waals surface area (Å²) in [4.78, 5) is 0. The van der Waals surface area contributed by atoms with Gasteiger partial charge >= 0.3 is 0 Å². The maximum Gasteiger partial charge on any atom is 0.213 e. The van der Waals surface area contributed by atoms with Crippen LogP contribution in [0.2, 0.25) is 0 Å². The average Bonchev–Trinajstić information content (AvgIpc) is 2.41. The molecule has 2 rings (SSSR count). The topological polar surface area (TPSA) is 58.2 Å². The molecule has 0 aromatic rings. The van der Waals surface area contributed by atoms with E-state index in [0.29, 0.717) is 0 Å². The van der Waals surface area contributed by atoms with Crippen LogP contribution in [0.5, 0.6) is 0 Å². The molecule has 0 spiro atoms. The molecular weight excluding hydrogens is 272 g/mol. The van der Waals surface area contributed by atoms with E-state index in [4.69, 9.17) is 0 Å². The van der Waals surface area contributed by atoms with Gasteiger partial charge in [0, 0.05) is 12.1 Å². The van der Waals surface area contributed by atoms with Crippen molar-refractivity contribution in [3.63, 3.8) is 0 Å². The second-order valence-corrected chi connectivity index (χ2v) is 8.35. The molecule has 1 saturated carbocycles. The molecule has 0 bridgehead atoms. The Kier molecular flexibility index (Phi) is 6.30. The van der Waals surface area contributed by atoms with Gasteiger partial charge in [-0.2, -0.15) is 0 Å². The first-order chi connectivity index (χ1) is 9.59. The van der Waals surface area contributed by atoms with Crippen molar-refractivity contribution in [1.82, 2.24) is 10.0 Å². The van der Waals surface area contributed by atoms with Crippen molar-refractivity contribution < 1.29 is 8.42 Å². The van der Waals surface area contributed by atoms with Gasteiger partial charge in [-0.3, -0.25) is 0 Å². The lowest BCUT2D eigenvalue weighted by atomic mass is 9.84. The van der Waals surface area contributed by atoms with E-state index in [1.807, 2.05) is 0 Å². The number of sulfonamides is 1. The minimum Gasteiger partial charge on any atom is -0.313 e. The number of nitrogens with one attached hydrogen (secondary N) is 2. The fourth-order valence-corrected chi connectivity index (χ4v) is 5.26. The summed E-state index contributed by atoms with van der Waals surface area (Å²) in [7, 11) is -3.12. The normalized spacial score (nSPS) is 32.1. The highest BCUT2D eigenvalue weighted by molar-refractivity contribution is 7.89. The molecule has 20 heavy (non-hydrogen) atoms. The zero-order chi connectivity index (χ0) is 14.4. The Bertz CT molecular complexity index is 369. The van der Waals surface area contributed by atoms with E-state index in [1.165, 1.54) is 32.1 Å². The predicted octanol–water partition coefficient (Wildman–Crippen LogP) is 2.41. The summed E-state index contributed by atoms with van der Waals surface area (Å²) in [5.41, 5.74) is 0. The molecule has 0 aromatic carbocycles. The Morgan fingerprint density at radius 1 is 1.10 bits per heavy atom. The monoisotopic (exact) mass is 302 g/mol. The predicted molar refractivity (Wildman–Crippen MR) is 83.2 cm³/mol. The second kappa shape index (κ2) is 7.76. The first-order valence-corrected chi connectivity index (χ1v) is 9.97. The van der Waals surface area contributed by atoms with Crippen molar-refractivity contribution in [2.75, 3.05) is 12.3 Å². The molecule has 1 atom stereocenters. The van der Waals surface area contributed by atoms with E-state index in [1.54, 1.807) is 0 Å². The number of hydrogen-bond acceptors (Lipinski definition) is 3. The van der Waals surface area contributed by atoms with E-state index in [2.05, 4.69) is 17.0 Å². The zero-order valence-corrected chi connectivity index (χ0v) is 13.6. The molecule has 1 unspecified atom stereocenters. The van der Waals surface area contributed by atoms with Crippen LogP contribution >= 0.6 is 0 Å². The average molecular weight is 302 g/mol. The van der Waals surface area contributed by atoms with Crippen molar-refractivity contribution in [1.29, 1.82) is 0 Å². The number of hydrogen-bond donors (Lipinski definition) is 2. The highest BCUT2D eigenvalue weighted by Crippen LogP contribution is 2.28. The summed E-state index contributed by atoms with van der Waals surface area (Å²) in [6.07, 6.45) is 10.3. The van der Waals surface area contributed by atoms with Gasteiger partial charge in [-0.05, 0) is 51.0 Å². The highest BCUT2D eigenvalue weighted by Gasteiger charge is 2.26. The van der Waals surface area contributed by atoms with Crippen LogP contribution in [0.25, 0.3) is 0 Å². The fraction of sp³-hybridized carbons (Fsp3) is 1.00. The smallest absolute Gasteiger partial charge is 0.213 e. The Labute approximate surface area is 124 Å². The molecule has 1 aliphatic carbocycles. The Balaban J connectivity index is 1.74. The SMILES string of the molecule is CCCC1CCC(NS(=O)(=O)CC2CCCCN2)CC1. The molecular formula is C15H30N2O2S. The van der Waals surface area contributed by atoms with E-state index < -0.39 is 10.0 Å². The summed E-state index contributed by atoms with van der Waals surface area (Å²) in [6.45, 7) is 3.19. The molecule has 0 aromatic heterocycles. The first-order valence-electron chi connectivity index (χ1n) is 8.32. The first kappa shape index (κ1) is 16.2. The Morgan fingerprint density at radius 3 is 2.45 bits per heavy atom. The minimum absolute atomic E-state index is 0.151. The maximum atomic E-state index is 12.2. The third kappa shape index (κ3) is 5.34. The van der Waals surface area contributed by atoms with Gasteiger partial charge in [0.2, 0.25) is 10.0 Å². The van der Waals surface area contributed by atoms with Crippen LogP contribution in [0.4, 0.5) is 0 Å². The van der Waals surface area contributed by atoms with Crippen LogP contribution in [0.1, 0.15) is 64.7 Å². The van der Waals surface area contributed by atoms with Gasteiger partial charge in [-0.25, -0.2) is 13.1 Å². The standard InChI is InChI=1S/C15H30N2O2S/c1-2-5-13-7-9-14(10-8-13)17-20(18,19)12-15-6-3-4-11-16-15/h13-17H,2-12H2,1H3. The lowest BCUT2D eigenvalue weighted by molar-refractivity contribution is 0.296. The lowest BCUT2D eigenvalue weighted by Gasteiger charge is -2.30. The minimum atomic E-state index is -3.12. The lowest BCUT2D eigenvalue weighted by Crippen LogP contribution is -2.45. The molecule has 2 N–H and O–H groups in total. The van der Waals surface area contributed by atoms with E-state index >= 15 is 0 Å². The van der Waals surface area contributed by atoms with Crippen molar-refractivity contribution in [3.8, 4) is 0 Å². The van der Waals surface area contributed by atoms with Crippen LogP contribution in [0.3, 0.4) is 0 Å². The van der Waals surface area contributed by atoms with E-state index in [9.17, 15) is 8.42 Å². The molecule has 1 aliphatic heterocycles. The van der Waals surface area contributed by atoms with Crippen LogP contribution in [-0.4, -0.2) is 32.8 Å². The van der Waals surface area contributed by atoms with Crippen LogP contribution in [0, 0.1) is 5.92 Å². The summed E-state index contributed by atoms with van der Waals surface area (Å²) >= 11 is 0.